The third-order valence-corrected chi connectivity index (χ3v) is 6.78. The summed E-state index contributed by atoms with van der Waals surface area (Å²) in [5.41, 5.74) is 1.62. The molecule has 0 bridgehead atoms. The van der Waals surface area contributed by atoms with Crippen LogP contribution in [0.1, 0.15) is 25.0 Å². The van der Waals surface area contributed by atoms with Crippen LogP contribution in [-0.4, -0.2) is 43.4 Å². The van der Waals surface area contributed by atoms with Crippen LogP contribution in [0.15, 0.2) is 48.5 Å². The third-order valence-electron chi connectivity index (χ3n) is 4.60. The molecule has 0 fully saturated rings. The lowest BCUT2D eigenvalue weighted by atomic mass is 10.2. The fourth-order valence-corrected chi connectivity index (χ4v) is 4.29. The summed E-state index contributed by atoms with van der Waals surface area (Å²) in [6, 6.07) is 14.4. The number of methoxy groups -OCH3 is 2. The van der Waals surface area contributed by atoms with E-state index in [1.54, 1.807) is 45.4 Å². The predicted octanol–water partition coefficient (Wildman–Crippen LogP) is 2.81. The van der Waals surface area contributed by atoms with Gasteiger partial charge in [0.2, 0.25) is 10.0 Å². The molecule has 0 amide bonds. The molecule has 0 heterocycles. The zero-order valence-corrected chi connectivity index (χ0v) is 17.9. The molecule has 0 radical (unpaired) electrons. The van der Waals surface area contributed by atoms with Crippen molar-refractivity contribution in [3.8, 4) is 23.3 Å². The quantitative estimate of drug-likeness (QED) is 0.635. The summed E-state index contributed by atoms with van der Waals surface area (Å²) in [6.07, 6.45) is -1.26. The number of benzene rings is 2. The summed E-state index contributed by atoms with van der Waals surface area (Å²) in [5, 5.41) is 9.10. The molecular weight excluding hydrogens is 390 g/mol. The van der Waals surface area contributed by atoms with Gasteiger partial charge >= 0.3 is 0 Å². The van der Waals surface area contributed by atoms with Gasteiger partial charge in [0, 0.05) is 13.1 Å². The summed E-state index contributed by atoms with van der Waals surface area (Å²) in [5.74, 6) is 6.49. The van der Waals surface area contributed by atoms with E-state index in [1.807, 2.05) is 24.3 Å². The molecule has 0 unspecified atom stereocenters. The number of aliphatic hydroxyl groups is 1. The van der Waals surface area contributed by atoms with Crippen molar-refractivity contribution < 1.29 is 23.0 Å². The molecule has 0 spiro atoms. The molecule has 0 aliphatic rings. The van der Waals surface area contributed by atoms with Gasteiger partial charge in [-0.1, -0.05) is 30.2 Å². The van der Waals surface area contributed by atoms with Gasteiger partial charge in [-0.2, -0.15) is 4.31 Å². The minimum absolute atomic E-state index is 0.162. The Morgan fingerprint density at radius 3 is 1.69 bits per heavy atom. The van der Waals surface area contributed by atoms with E-state index in [0.717, 1.165) is 11.1 Å². The van der Waals surface area contributed by atoms with Gasteiger partial charge in [-0.25, -0.2) is 8.42 Å². The highest BCUT2D eigenvalue weighted by atomic mass is 32.2. The highest BCUT2D eigenvalue weighted by molar-refractivity contribution is 7.89. The van der Waals surface area contributed by atoms with Crippen molar-refractivity contribution in [1.29, 1.82) is 0 Å². The molecule has 0 saturated heterocycles. The highest BCUT2D eigenvalue weighted by Crippen LogP contribution is 2.22. The number of sulfonamides is 1. The van der Waals surface area contributed by atoms with E-state index in [9.17, 15) is 13.5 Å². The van der Waals surface area contributed by atoms with Crippen molar-refractivity contribution >= 4 is 10.0 Å². The molecule has 0 aliphatic carbocycles. The van der Waals surface area contributed by atoms with Gasteiger partial charge in [0.15, 0.2) is 0 Å². The minimum Gasteiger partial charge on any atom is -0.497 e. The molecular formula is C22H27NO5S. The number of aliphatic hydroxyl groups excluding tert-OH is 1. The summed E-state index contributed by atoms with van der Waals surface area (Å²) in [6.45, 7) is 3.36. The molecule has 0 aliphatic heterocycles. The van der Waals surface area contributed by atoms with Crippen LogP contribution in [0.25, 0.3) is 0 Å². The summed E-state index contributed by atoms with van der Waals surface area (Å²) in [7, 11) is -0.679. The summed E-state index contributed by atoms with van der Waals surface area (Å²) >= 11 is 0. The van der Waals surface area contributed by atoms with Crippen LogP contribution in [0.2, 0.25) is 0 Å². The summed E-state index contributed by atoms with van der Waals surface area (Å²) in [4.78, 5) is 0. The largest absolute Gasteiger partial charge is 0.497 e. The molecule has 6 nitrogen and oxygen atoms in total. The van der Waals surface area contributed by atoms with E-state index in [-0.39, 0.29) is 13.1 Å². The molecule has 2 atom stereocenters. The summed E-state index contributed by atoms with van der Waals surface area (Å²) < 4.78 is 38.2. The second-order valence-corrected chi connectivity index (χ2v) is 8.84. The van der Waals surface area contributed by atoms with Crippen LogP contribution in [0, 0.1) is 11.8 Å². The van der Waals surface area contributed by atoms with Crippen LogP contribution < -0.4 is 9.47 Å². The van der Waals surface area contributed by atoms with Gasteiger partial charge in [-0.3, -0.25) is 0 Å². The van der Waals surface area contributed by atoms with Gasteiger partial charge in [0.1, 0.15) is 22.9 Å². The Bertz CT molecular complexity index is 894. The molecule has 2 aromatic carbocycles. The van der Waals surface area contributed by atoms with Crippen LogP contribution in [0.3, 0.4) is 0 Å². The van der Waals surface area contributed by atoms with E-state index in [0.29, 0.717) is 11.5 Å². The van der Waals surface area contributed by atoms with Crippen molar-refractivity contribution in [2.24, 2.45) is 0 Å². The first-order valence-corrected chi connectivity index (χ1v) is 10.7. The molecule has 0 aromatic heterocycles. The Hall–Kier alpha value is -2.53. The smallest absolute Gasteiger partial charge is 0.220 e. The second-order valence-electron chi connectivity index (χ2n) is 6.55. The number of hydrogen-bond donors (Lipinski definition) is 1. The van der Waals surface area contributed by atoms with E-state index in [4.69, 9.17) is 9.47 Å². The van der Waals surface area contributed by atoms with E-state index >= 15 is 0 Å². The fourth-order valence-electron chi connectivity index (χ4n) is 2.77. The Morgan fingerprint density at radius 1 is 0.931 bits per heavy atom. The molecule has 29 heavy (non-hydrogen) atoms. The first-order chi connectivity index (χ1) is 13.8. The number of ether oxygens (including phenoxy) is 2. The Balaban J connectivity index is 2.34. The van der Waals surface area contributed by atoms with Crippen LogP contribution in [-0.2, 0) is 23.1 Å². The maximum absolute atomic E-state index is 13.3. The van der Waals surface area contributed by atoms with E-state index in [2.05, 4.69) is 11.8 Å². The Morgan fingerprint density at radius 2 is 1.34 bits per heavy atom. The molecule has 2 aromatic rings. The lowest BCUT2D eigenvalue weighted by Gasteiger charge is -2.27. The zero-order chi connectivity index (χ0) is 21.4. The normalized spacial score (nSPS) is 13.3. The lowest BCUT2D eigenvalue weighted by Crippen LogP contribution is -2.42. The van der Waals surface area contributed by atoms with Gasteiger partial charge in [0.05, 0.1) is 14.2 Å². The molecule has 1 N–H and O–H groups in total. The SMILES string of the molecule is CC#C[C@@H](O)[C@H](C)S(=O)(=O)N(Cc1ccc(OC)cc1)Cc1ccc(OC)cc1. The van der Waals surface area contributed by atoms with Crippen molar-refractivity contribution in [2.75, 3.05) is 14.2 Å². The molecule has 156 valence electrons. The maximum atomic E-state index is 13.3. The van der Waals surface area contributed by atoms with E-state index < -0.39 is 21.4 Å². The fraction of sp³-hybridized carbons (Fsp3) is 0.364. The minimum atomic E-state index is -3.83. The number of hydrogen-bond acceptors (Lipinski definition) is 5. The van der Waals surface area contributed by atoms with Crippen molar-refractivity contribution in [1.82, 2.24) is 4.31 Å². The zero-order valence-electron chi connectivity index (χ0n) is 17.1. The monoisotopic (exact) mass is 417 g/mol. The number of nitrogens with zero attached hydrogens (tertiary/aromatic N) is 1. The average Bonchev–Trinajstić information content (AvgIpc) is 2.73. The number of rotatable bonds is 9. The van der Waals surface area contributed by atoms with Crippen LogP contribution in [0.4, 0.5) is 0 Å². The standard InChI is InChI=1S/C22H27NO5S/c1-5-6-22(24)17(2)29(25,26)23(15-18-7-11-20(27-3)12-8-18)16-19-9-13-21(28-4)14-10-19/h7-14,17,22,24H,15-16H2,1-4H3/t17-,22+/m0/s1. The topological polar surface area (TPSA) is 76.1 Å². The van der Waals surface area contributed by atoms with Gasteiger partial charge in [-0.05, 0) is 49.2 Å². The van der Waals surface area contributed by atoms with Crippen LogP contribution >= 0.6 is 0 Å². The highest BCUT2D eigenvalue weighted by Gasteiger charge is 2.33. The molecule has 0 saturated carbocycles. The predicted molar refractivity (Wildman–Crippen MR) is 113 cm³/mol. The Kier molecular flexibility index (Phi) is 8.09. The van der Waals surface area contributed by atoms with Crippen molar-refractivity contribution in [3.63, 3.8) is 0 Å². The first kappa shape index (κ1) is 22.8. The average molecular weight is 418 g/mol. The second kappa shape index (κ2) is 10.3. The lowest BCUT2D eigenvalue weighted by molar-refractivity contribution is 0.225. The maximum Gasteiger partial charge on any atom is 0.220 e. The van der Waals surface area contributed by atoms with Gasteiger partial charge in [0.25, 0.3) is 0 Å². The van der Waals surface area contributed by atoms with Crippen LogP contribution in [0.5, 0.6) is 11.5 Å². The first-order valence-electron chi connectivity index (χ1n) is 9.17. The molecule has 7 heteroatoms. The van der Waals surface area contributed by atoms with E-state index in [1.165, 1.54) is 11.2 Å². The van der Waals surface area contributed by atoms with Gasteiger partial charge < -0.3 is 14.6 Å². The van der Waals surface area contributed by atoms with Crippen molar-refractivity contribution in [2.45, 2.75) is 38.3 Å². The Labute approximate surface area is 173 Å². The van der Waals surface area contributed by atoms with Gasteiger partial charge in [-0.15, -0.1) is 5.92 Å². The molecule has 2 rings (SSSR count). The van der Waals surface area contributed by atoms with Crippen molar-refractivity contribution in [3.05, 3.63) is 59.7 Å². The third kappa shape index (κ3) is 5.97.